The summed E-state index contributed by atoms with van der Waals surface area (Å²) in [7, 11) is -4.21. The molecule has 19 heavy (non-hydrogen) atoms. The Bertz CT molecular complexity index is 624. The minimum absolute atomic E-state index is 0.127. The number of rotatable bonds is 5. The first kappa shape index (κ1) is 13.9. The summed E-state index contributed by atoms with van der Waals surface area (Å²) in [5.74, 6) is -0.852. The highest BCUT2D eigenvalue weighted by atomic mass is 31.2. The Balaban J connectivity index is 2.03. The number of aromatic nitrogens is 4. The molecule has 104 valence electrons. The molecule has 2 rings (SSSR count). The maximum absolute atomic E-state index is 10.9. The van der Waals surface area contributed by atoms with E-state index in [1.54, 1.807) is 4.57 Å². The second-order valence-corrected chi connectivity index (χ2v) is 5.83. The molecule has 0 bridgehead atoms. The van der Waals surface area contributed by atoms with Crippen LogP contribution >= 0.6 is 7.60 Å². The van der Waals surface area contributed by atoms with Gasteiger partial charge in [-0.3, -0.25) is 4.57 Å². The van der Waals surface area contributed by atoms with Crippen molar-refractivity contribution in [3.05, 3.63) is 12.7 Å². The fourth-order valence-corrected chi connectivity index (χ4v) is 1.78. The van der Waals surface area contributed by atoms with E-state index in [0.717, 1.165) is 0 Å². The standard InChI is InChI=1S/C9H14N5O4P/c1-6(19(15,16)17)18-3-2-14-5-13-7-8(10)11-4-12-9(7)14/h4-6H,2-3H2,1H3,(H2,10,11,12)(H2,15,16,17). The number of imidazole rings is 1. The Morgan fingerprint density at radius 3 is 2.89 bits per heavy atom. The van der Waals surface area contributed by atoms with Gasteiger partial charge < -0.3 is 24.8 Å². The first-order chi connectivity index (χ1) is 8.89. The molecule has 0 spiro atoms. The maximum atomic E-state index is 10.9. The van der Waals surface area contributed by atoms with E-state index in [1.807, 2.05) is 0 Å². The normalized spacial score (nSPS) is 13.8. The molecule has 9 nitrogen and oxygen atoms in total. The van der Waals surface area contributed by atoms with Crippen LogP contribution in [0.15, 0.2) is 12.7 Å². The van der Waals surface area contributed by atoms with Crippen molar-refractivity contribution in [2.75, 3.05) is 12.3 Å². The summed E-state index contributed by atoms with van der Waals surface area (Å²) < 4.78 is 17.6. The van der Waals surface area contributed by atoms with Crippen molar-refractivity contribution in [2.45, 2.75) is 19.3 Å². The lowest BCUT2D eigenvalue weighted by Crippen LogP contribution is -2.13. The van der Waals surface area contributed by atoms with Crippen molar-refractivity contribution in [2.24, 2.45) is 0 Å². The van der Waals surface area contributed by atoms with Gasteiger partial charge in [0.25, 0.3) is 0 Å². The molecule has 1 atom stereocenters. The molecule has 4 N–H and O–H groups in total. The monoisotopic (exact) mass is 287 g/mol. The third-order valence-corrected chi connectivity index (χ3v) is 3.69. The van der Waals surface area contributed by atoms with Gasteiger partial charge in [-0.15, -0.1) is 0 Å². The van der Waals surface area contributed by atoms with Crippen molar-refractivity contribution >= 4 is 24.6 Å². The lowest BCUT2D eigenvalue weighted by atomic mass is 10.5. The van der Waals surface area contributed by atoms with Gasteiger partial charge in [-0.2, -0.15) is 0 Å². The highest BCUT2D eigenvalue weighted by Crippen LogP contribution is 2.41. The third-order valence-electron chi connectivity index (χ3n) is 2.59. The summed E-state index contributed by atoms with van der Waals surface area (Å²) in [6, 6.07) is 0. The first-order valence-electron chi connectivity index (χ1n) is 5.47. The number of nitrogens with zero attached hydrogens (tertiary/aromatic N) is 4. The SMILES string of the molecule is CC(OCCn1cnc2c(N)ncnc21)P(=O)(O)O. The molecule has 0 aliphatic carbocycles. The summed E-state index contributed by atoms with van der Waals surface area (Å²) in [5.41, 5.74) is 6.69. The molecule has 0 amide bonds. The van der Waals surface area contributed by atoms with Gasteiger partial charge >= 0.3 is 7.60 Å². The number of hydrogen-bond donors (Lipinski definition) is 3. The predicted molar refractivity (Wildman–Crippen MR) is 67.2 cm³/mol. The number of anilines is 1. The van der Waals surface area contributed by atoms with E-state index in [2.05, 4.69) is 15.0 Å². The molecular weight excluding hydrogens is 273 g/mol. The van der Waals surface area contributed by atoms with Crippen LogP contribution in [0.2, 0.25) is 0 Å². The van der Waals surface area contributed by atoms with E-state index < -0.39 is 13.4 Å². The Morgan fingerprint density at radius 1 is 1.47 bits per heavy atom. The molecule has 1 unspecified atom stereocenters. The fourth-order valence-electron chi connectivity index (χ4n) is 1.48. The van der Waals surface area contributed by atoms with Gasteiger partial charge in [-0.1, -0.05) is 0 Å². The van der Waals surface area contributed by atoms with Crippen molar-refractivity contribution in [1.29, 1.82) is 0 Å². The number of ether oxygens (including phenoxy) is 1. The second kappa shape index (κ2) is 5.22. The number of hydrogen-bond acceptors (Lipinski definition) is 6. The fraction of sp³-hybridized carbons (Fsp3) is 0.444. The Morgan fingerprint density at radius 2 is 2.21 bits per heavy atom. The molecule has 0 radical (unpaired) electrons. The van der Waals surface area contributed by atoms with Crippen LogP contribution in [0.1, 0.15) is 6.92 Å². The molecule has 0 aliphatic rings. The number of fused-ring (bicyclic) bond motifs is 1. The number of nitrogen functional groups attached to an aromatic ring is 1. The van der Waals surface area contributed by atoms with Gasteiger partial charge in [-0.05, 0) is 6.92 Å². The minimum atomic E-state index is -4.21. The highest BCUT2D eigenvalue weighted by Gasteiger charge is 2.24. The quantitative estimate of drug-likeness (QED) is 0.651. The van der Waals surface area contributed by atoms with Gasteiger partial charge in [0.2, 0.25) is 0 Å². The van der Waals surface area contributed by atoms with Crippen LogP contribution in [0.25, 0.3) is 11.2 Å². The average Bonchev–Trinajstić information content (AvgIpc) is 2.73. The van der Waals surface area contributed by atoms with E-state index >= 15 is 0 Å². The molecule has 2 aromatic heterocycles. The van der Waals surface area contributed by atoms with Gasteiger partial charge in [0.05, 0.1) is 12.9 Å². The van der Waals surface area contributed by atoms with Crippen LogP contribution in [0, 0.1) is 0 Å². The number of nitrogens with two attached hydrogens (primary N) is 1. The maximum Gasteiger partial charge on any atom is 0.353 e. The molecule has 0 aliphatic heterocycles. The van der Waals surface area contributed by atoms with Gasteiger partial charge in [-0.25, -0.2) is 15.0 Å². The van der Waals surface area contributed by atoms with E-state index in [0.29, 0.717) is 17.7 Å². The van der Waals surface area contributed by atoms with Crippen LogP contribution < -0.4 is 5.73 Å². The van der Waals surface area contributed by atoms with Gasteiger partial charge in [0, 0.05) is 6.54 Å². The lowest BCUT2D eigenvalue weighted by Gasteiger charge is -2.14. The summed E-state index contributed by atoms with van der Waals surface area (Å²) in [4.78, 5) is 29.7. The van der Waals surface area contributed by atoms with Crippen LogP contribution in [-0.4, -0.2) is 41.8 Å². The molecule has 0 fully saturated rings. The molecule has 0 saturated heterocycles. The van der Waals surface area contributed by atoms with E-state index in [-0.39, 0.29) is 12.4 Å². The van der Waals surface area contributed by atoms with Crippen molar-refractivity contribution in [3.63, 3.8) is 0 Å². The molecule has 0 saturated carbocycles. The van der Waals surface area contributed by atoms with Crippen molar-refractivity contribution in [1.82, 2.24) is 19.5 Å². The van der Waals surface area contributed by atoms with Crippen LogP contribution in [-0.2, 0) is 15.8 Å². The molecule has 10 heteroatoms. The zero-order chi connectivity index (χ0) is 14.0. The predicted octanol–water partition coefficient (Wildman–Crippen LogP) is -0.0512. The summed E-state index contributed by atoms with van der Waals surface area (Å²) in [6.07, 6.45) is 2.86. The van der Waals surface area contributed by atoms with Crippen molar-refractivity contribution < 1.29 is 19.1 Å². The van der Waals surface area contributed by atoms with E-state index in [1.165, 1.54) is 19.6 Å². The summed E-state index contributed by atoms with van der Waals surface area (Å²) in [6.45, 7) is 1.81. The summed E-state index contributed by atoms with van der Waals surface area (Å²) >= 11 is 0. The molecule has 2 aromatic rings. The van der Waals surface area contributed by atoms with E-state index in [9.17, 15) is 4.57 Å². The zero-order valence-corrected chi connectivity index (χ0v) is 11.1. The van der Waals surface area contributed by atoms with Crippen LogP contribution in [0.4, 0.5) is 5.82 Å². The second-order valence-electron chi connectivity index (χ2n) is 3.93. The van der Waals surface area contributed by atoms with Crippen LogP contribution in [0.5, 0.6) is 0 Å². The van der Waals surface area contributed by atoms with Gasteiger partial charge in [0.15, 0.2) is 17.3 Å². The molecule has 2 heterocycles. The highest BCUT2D eigenvalue weighted by molar-refractivity contribution is 7.52. The van der Waals surface area contributed by atoms with Gasteiger partial charge in [0.1, 0.15) is 11.8 Å². The molecule has 0 aromatic carbocycles. The Labute approximate surface area is 108 Å². The largest absolute Gasteiger partial charge is 0.382 e. The Hall–Kier alpha value is -1.54. The minimum Gasteiger partial charge on any atom is -0.382 e. The molecular formula is C9H14N5O4P. The summed E-state index contributed by atoms with van der Waals surface area (Å²) in [5, 5.41) is 0. The Kier molecular flexibility index (Phi) is 3.81. The van der Waals surface area contributed by atoms with Crippen molar-refractivity contribution in [3.8, 4) is 0 Å². The van der Waals surface area contributed by atoms with E-state index in [4.69, 9.17) is 20.3 Å². The third kappa shape index (κ3) is 3.07. The zero-order valence-electron chi connectivity index (χ0n) is 10.2. The van der Waals surface area contributed by atoms with Crippen LogP contribution in [0.3, 0.4) is 0 Å². The first-order valence-corrected chi connectivity index (χ1v) is 7.16. The smallest absolute Gasteiger partial charge is 0.353 e. The lowest BCUT2D eigenvalue weighted by molar-refractivity contribution is 0.0911. The topological polar surface area (TPSA) is 136 Å². The average molecular weight is 287 g/mol.